The Labute approximate surface area is 157 Å². The Balaban J connectivity index is 2.22. The maximum absolute atomic E-state index is 13.3. The molecule has 0 radical (unpaired) electrons. The van der Waals surface area contributed by atoms with E-state index in [2.05, 4.69) is 10.3 Å². The van der Waals surface area contributed by atoms with Gasteiger partial charge < -0.3 is 10.1 Å². The number of pyridine rings is 1. The molecule has 0 unspecified atom stereocenters. The number of carbonyl (C=O) groups excluding carboxylic acids is 1. The molecule has 4 nitrogen and oxygen atoms in total. The summed E-state index contributed by atoms with van der Waals surface area (Å²) in [4.78, 5) is 16.5. The Morgan fingerprint density at radius 1 is 1.22 bits per heavy atom. The molecule has 2 aromatic carbocycles. The van der Waals surface area contributed by atoms with E-state index in [9.17, 15) is 18.0 Å². The molecule has 8 heteroatoms. The number of ether oxygens (including phenoxy) is 1. The lowest BCUT2D eigenvalue weighted by Gasteiger charge is -2.18. The molecule has 0 fully saturated rings. The number of alkyl halides is 3. The van der Waals surface area contributed by atoms with Gasteiger partial charge in [0, 0.05) is 16.6 Å². The molecule has 3 rings (SSSR count). The number of esters is 1. The normalized spacial score (nSPS) is 11.4. The number of para-hydroxylation sites is 1. The van der Waals surface area contributed by atoms with E-state index < -0.39 is 17.7 Å². The third-order valence-corrected chi connectivity index (χ3v) is 4.05. The second-order valence-electron chi connectivity index (χ2n) is 5.60. The molecule has 0 saturated carbocycles. The van der Waals surface area contributed by atoms with Gasteiger partial charge in [0.05, 0.1) is 29.1 Å². The molecule has 27 heavy (non-hydrogen) atoms. The van der Waals surface area contributed by atoms with Crippen LogP contribution >= 0.6 is 11.6 Å². The fourth-order valence-electron chi connectivity index (χ4n) is 2.64. The number of rotatable bonds is 4. The van der Waals surface area contributed by atoms with Crippen LogP contribution < -0.4 is 5.32 Å². The van der Waals surface area contributed by atoms with Crippen LogP contribution in [0.3, 0.4) is 0 Å². The molecule has 0 aliphatic carbocycles. The van der Waals surface area contributed by atoms with E-state index in [-0.39, 0.29) is 23.5 Å². The van der Waals surface area contributed by atoms with E-state index in [0.29, 0.717) is 15.9 Å². The molecule has 1 heterocycles. The monoisotopic (exact) mass is 394 g/mol. The van der Waals surface area contributed by atoms with Gasteiger partial charge in [-0.25, -0.2) is 4.79 Å². The molecule has 0 aliphatic rings. The standard InChI is InChI=1S/C19H14ClF3N2O2/c1-2-27-18(26)13-10-24-15-8-7-11(20)9-12(15)17(13)25-16-6-4-3-5-14(16)19(21,22)23/h3-10H,2H2,1H3,(H,24,25). The fourth-order valence-corrected chi connectivity index (χ4v) is 2.81. The summed E-state index contributed by atoms with van der Waals surface area (Å²) < 4.78 is 45.0. The van der Waals surface area contributed by atoms with Gasteiger partial charge in [-0.2, -0.15) is 13.2 Å². The summed E-state index contributed by atoms with van der Waals surface area (Å²) in [5.41, 5.74) is -0.407. The largest absolute Gasteiger partial charge is 0.462 e. The fraction of sp³-hybridized carbons (Fsp3) is 0.158. The smallest absolute Gasteiger partial charge is 0.418 e. The minimum atomic E-state index is -4.56. The Morgan fingerprint density at radius 2 is 1.96 bits per heavy atom. The van der Waals surface area contributed by atoms with Crippen LogP contribution in [0, 0.1) is 0 Å². The number of nitrogens with zero attached hydrogens (tertiary/aromatic N) is 1. The summed E-state index contributed by atoms with van der Waals surface area (Å²) in [6.45, 7) is 1.75. The molecule has 3 aromatic rings. The predicted octanol–water partition coefficient (Wildman–Crippen LogP) is 5.83. The minimum Gasteiger partial charge on any atom is -0.462 e. The van der Waals surface area contributed by atoms with Crippen LogP contribution in [0.4, 0.5) is 24.5 Å². The number of nitrogens with one attached hydrogen (secondary N) is 1. The molecule has 0 spiro atoms. The van der Waals surface area contributed by atoms with E-state index in [1.54, 1.807) is 19.1 Å². The first-order chi connectivity index (χ1) is 12.8. The van der Waals surface area contributed by atoms with E-state index >= 15 is 0 Å². The van der Waals surface area contributed by atoms with E-state index in [0.717, 1.165) is 6.07 Å². The Bertz CT molecular complexity index is 1010. The van der Waals surface area contributed by atoms with Crippen molar-refractivity contribution in [3.63, 3.8) is 0 Å². The summed E-state index contributed by atoms with van der Waals surface area (Å²) in [7, 11) is 0. The second kappa shape index (κ2) is 7.44. The third kappa shape index (κ3) is 3.98. The lowest BCUT2D eigenvalue weighted by Crippen LogP contribution is -2.12. The predicted molar refractivity (Wildman–Crippen MR) is 97.4 cm³/mol. The zero-order valence-electron chi connectivity index (χ0n) is 14.1. The second-order valence-corrected chi connectivity index (χ2v) is 6.03. The summed E-state index contributed by atoms with van der Waals surface area (Å²) in [6.07, 6.45) is -3.29. The SMILES string of the molecule is CCOC(=O)c1cnc2ccc(Cl)cc2c1Nc1ccccc1C(F)(F)F. The number of aromatic nitrogens is 1. The van der Waals surface area contributed by atoms with Gasteiger partial charge in [0.2, 0.25) is 0 Å². The number of benzene rings is 2. The van der Waals surface area contributed by atoms with Gasteiger partial charge in [0.15, 0.2) is 0 Å². The molecule has 1 aromatic heterocycles. The third-order valence-electron chi connectivity index (χ3n) is 3.82. The van der Waals surface area contributed by atoms with Crippen LogP contribution in [-0.2, 0) is 10.9 Å². The van der Waals surface area contributed by atoms with E-state index in [4.69, 9.17) is 16.3 Å². The molecule has 0 atom stereocenters. The summed E-state index contributed by atoms with van der Waals surface area (Å²) in [6, 6.07) is 9.77. The van der Waals surface area contributed by atoms with Crippen molar-refractivity contribution in [2.75, 3.05) is 11.9 Å². The molecule has 1 N–H and O–H groups in total. The number of hydrogen-bond donors (Lipinski definition) is 1. The van der Waals surface area contributed by atoms with Crippen LogP contribution in [-0.4, -0.2) is 17.6 Å². The molecule has 0 bridgehead atoms. The van der Waals surface area contributed by atoms with E-state index in [1.165, 1.54) is 30.5 Å². The molecular formula is C19H14ClF3N2O2. The number of halogens is 4. The van der Waals surface area contributed by atoms with Crippen molar-refractivity contribution < 1.29 is 22.7 Å². The van der Waals surface area contributed by atoms with Crippen LogP contribution in [0.25, 0.3) is 10.9 Å². The highest BCUT2D eigenvalue weighted by atomic mass is 35.5. The average molecular weight is 395 g/mol. The summed E-state index contributed by atoms with van der Waals surface area (Å²) in [5.74, 6) is -0.695. The van der Waals surface area contributed by atoms with Crippen LogP contribution in [0.1, 0.15) is 22.8 Å². The molecule has 0 amide bonds. The highest BCUT2D eigenvalue weighted by Gasteiger charge is 2.33. The topological polar surface area (TPSA) is 51.2 Å². The highest BCUT2D eigenvalue weighted by molar-refractivity contribution is 6.31. The first kappa shape index (κ1) is 19.0. The van der Waals surface area contributed by atoms with Crippen molar-refractivity contribution in [3.05, 3.63) is 64.8 Å². The molecular weight excluding hydrogens is 381 g/mol. The van der Waals surface area contributed by atoms with Crippen LogP contribution in [0.5, 0.6) is 0 Å². The average Bonchev–Trinajstić information content (AvgIpc) is 2.62. The van der Waals surface area contributed by atoms with Gasteiger partial charge in [-0.15, -0.1) is 0 Å². The minimum absolute atomic E-state index is 0.0172. The van der Waals surface area contributed by atoms with Crippen LogP contribution in [0.15, 0.2) is 48.7 Å². The first-order valence-electron chi connectivity index (χ1n) is 8.00. The van der Waals surface area contributed by atoms with Crippen molar-refractivity contribution in [2.45, 2.75) is 13.1 Å². The van der Waals surface area contributed by atoms with Crippen molar-refractivity contribution in [3.8, 4) is 0 Å². The quantitative estimate of drug-likeness (QED) is 0.566. The Morgan fingerprint density at radius 3 is 2.67 bits per heavy atom. The first-order valence-corrected chi connectivity index (χ1v) is 8.37. The molecule has 140 valence electrons. The summed E-state index contributed by atoms with van der Waals surface area (Å²) >= 11 is 6.04. The van der Waals surface area contributed by atoms with Gasteiger partial charge in [0.25, 0.3) is 0 Å². The van der Waals surface area contributed by atoms with Gasteiger partial charge >= 0.3 is 12.1 Å². The van der Waals surface area contributed by atoms with Crippen molar-refractivity contribution >= 4 is 39.8 Å². The van der Waals surface area contributed by atoms with Crippen LogP contribution in [0.2, 0.25) is 5.02 Å². The molecule has 0 aliphatic heterocycles. The van der Waals surface area contributed by atoms with Gasteiger partial charge in [-0.3, -0.25) is 4.98 Å². The molecule has 0 saturated heterocycles. The number of hydrogen-bond acceptors (Lipinski definition) is 4. The van der Waals surface area contributed by atoms with E-state index in [1.807, 2.05) is 0 Å². The van der Waals surface area contributed by atoms with Crippen molar-refractivity contribution in [1.82, 2.24) is 4.98 Å². The maximum Gasteiger partial charge on any atom is 0.418 e. The number of carbonyl (C=O) groups is 1. The number of fused-ring (bicyclic) bond motifs is 1. The van der Waals surface area contributed by atoms with Crippen molar-refractivity contribution in [2.24, 2.45) is 0 Å². The van der Waals surface area contributed by atoms with Gasteiger partial charge in [0.1, 0.15) is 5.56 Å². The van der Waals surface area contributed by atoms with Gasteiger partial charge in [-0.05, 0) is 37.3 Å². The highest BCUT2D eigenvalue weighted by Crippen LogP contribution is 2.38. The maximum atomic E-state index is 13.3. The summed E-state index contributed by atoms with van der Waals surface area (Å²) in [5, 5.41) is 3.50. The number of anilines is 2. The van der Waals surface area contributed by atoms with Crippen molar-refractivity contribution in [1.29, 1.82) is 0 Å². The lowest BCUT2D eigenvalue weighted by atomic mass is 10.1. The Hall–Kier alpha value is -2.80. The van der Waals surface area contributed by atoms with Gasteiger partial charge in [-0.1, -0.05) is 23.7 Å². The Kier molecular flexibility index (Phi) is 5.23. The zero-order valence-corrected chi connectivity index (χ0v) is 14.9. The lowest BCUT2D eigenvalue weighted by molar-refractivity contribution is -0.136. The zero-order chi connectivity index (χ0) is 19.6.